The number of hydrogen-bond donors (Lipinski definition) is 1. The van der Waals surface area contributed by atoms with Crippen molar-refractivity contribution in [3.05, 3.63) is 24.3 Å². The van der Waals surface area contributed by atoms with E-state index in [0.717, 1.165) is 0 Å². The summed E-state index contributed by atoms with van der Waals surface area (Å²) in [5.74, 6) is 0. The number of methoxy groups -OCH3 is 1. The zero-order valence-electron chi connectivity index (χ0n) is 12.0. The van der Waals surface area contributed by atoms with Crippen LogP contribution in [-0.2, 0) is 14.8 Å². The van der Waals surface area contributed by atoms with Gasteiger partial charge in [0.2, 0.25) is 10.0 Å². The number of ether oxygens (including phenoxy) is 1. The van der Waals surface area contributed by atoms with E-state index in [1.165, 1.54) is 18.4 Å². The van der Waals surface area contributed by atoms with Gasteiger partial charge >= 0.3 is 0 Å². The van der Waals surface area contributed by atoms with E-state index in [0.29, 0.717) is 25.3 Å². The predicted octanol–water partition coefficient (Wildman–Crippen LogP) is 1.99. The number of sulfonamides is 1. The Balaban J connectivity index is 2.77. The molecule has 1 rings (SSSR count). The van der Waals surface area contributed by atoms with Crippen LogP contribution in [-0.4, -0.2) is 52.5 Å². The second-order valence-electron chi connectivity index (χ2n) is 4.55. The van der Waals surface area contributed by atoms with Gasteiger partial charge in [-0.2, -0.15) is 0 Å². The summed E-state index contributed by atoms with van der Waals surface area (Å²) in [5.41, 5.74) is 0.586. The van der Waals surface area contributed by atoms with Gasteiger partial charge in [-0.25, -0.2) is 12.7 Å². The molecule has 0 bridgehead atoms. The molecule has 0 heterocycles. The molecule has 0 aliphatic heterocycles. The molecular weight excluding hydrogens is 300 g/mol. The van der Waals surface area contributed by atoms with E-state index in [4.69, 9.17) is 16.3 Å². The van der Waals surface area contributed by atoms with Crippen molar-refractivity contribution in [2.24, 2.45) is 0 Å². The van der Waals surface area contributed by atoms with Crippen molar-refractivity contribution in [3.63, 3.8) is 0 Å². The zero-order valence-corrected chi connectivity index (χ0v) is 13.5. The molecule has 0 spiro atoms. The van der Waals surface area contributed by atoms with Crippen LogP contribution in [0.4, 0.5) is 5.69 Å². The van der Waals surface area contributed by atoms with Gasteiger partial charge in [-0.15, -0.1) is 11.6 Å². The number of nitrogens with one attached hydrogen (secondary N) is 1. The SMILES string of the molecule is COCC(Cl)CCNc1ccccc1S(=O)(=O)N(C)C. The van der Waals surface area contributed by atoms with Crippen LogP contribution in [0.5, 0.6) is 0 Å². The fourth-order valence-corrected chi connectivity index (χ4v) is 2.96. The molecule has 0 saturated carbocycles. The highest BCUT2D eigenvalue weighted by Crippen LogP contribution is 2.23. The lowest BCUT2D eigenvalue weighted by molar-refractivity contribution is 0.196. The van der Waals surface area contributed by atoms with E-state index in [2.05, 4.69) is 5.32 Å². The van der Waals surface area contributed by atoms with Gasteiger partial charge in [0.1, 0.15) is 4.90 Å². The largest absolute Gasteiger partial charge is 0.384 e. The summed E-state index contributed by atoms with van der Waals surface area (Å²) in [5, 5.41) is 3.03. The number of halogens is 1. The third-order valence-corrected chi connectivity index (χ3v) is 4.98. The summed E-state index contributed by atoms with van der Waals surface area (Å²) in [6.07, 6.45) is 0.686. The van der Waals surface area contributed by atoms with E-state index in [1.807, 2.05) is 0 Å². The first-order valence-corrected chi connectivity index (χ1v) is 8.15. The molecular formula is C13H21ClN2O3S. The quantitative estimate of drug-likeness (QED) is 0.744. The monoisotopic (exact) mass is 320 g/mol. The van der Waals surface area contributed by atoms with Crippen molar-refractivity contribution in [1.29, 1.82) is 0 Å². The summed E-state index contributed by atoms with van der Waals surface area (Å²) in [7, 11) is 1.17. The minimum Gasteiger partial charge on any atom is -0.384 e. The van der Waals surface area contributed by atoms with Gasteiger partial charge in [0.05, 0.1) is 17.7 Å². The Hall–Kier alpha value is -0.820. The molecule has 1 unspecified atom stereocenters. The molecule has 114 valence electrons. The fraction of sp³-hybridized carbons (Fsp3) is 0.538. The van der Waals surface area contributed by atoms with Crippen LogP contribution in [0.25, 0.3) is 0 Å². The first kappa shape index (κ1) is 17.2. The van der Waals surface area contributed by atoms with E-state index in [-0.39, 0.29) is 10.3 Å². The van der Waals surface area contributed by atoms with E-state index in [9.17, 15) is 8.42 Å². The number of para-hydroxylation sites is 1. The summed E-state index contributed by atoms with van der Waals surface area (Å²) in [6.45, 7) is 1.05. The third kappa shape index (κ3) is 4.63. The highest BCUT2D eigenvalue weighted by molar-refractivity contribution is 7.89. The maximum Gasteiger partial charge on any atom is 0.244 e. The molecule has 1 atom stereocenters. The van der Waals surface area contributed by atoms with Gasteiger partial charge in [-0.1, -0.05) is 12.1 Å². The fourth-order valence-electron chi connectivity index (χ4n) is 1.66. The Morgan fingerprint density at radius 2 is 2.00 bits per heavy atom. The molecule has 7 heteroatoms. The van der Waals surface area contributed by atoms with E-state index < -0.39 is 10.0 Å². The minimum absolute atomic E-state index is 0.0925. The number of nitrogens with zero attached hydrogens (tertiary/aromatic N) is 1. The summed E-state index contributed by atoms with van der Waals surface area (Å²) >= 11 is 6.04. The van der Waals surface area contributed by atoms with Crippen LogP contribution in [0, 0.1) is 0 Å². The normalized spacial score (nSPS) is 13.4. The van der Waals surface area contributed by atoms with E-state index in [1.54, 1.807) is 31.4 Å². The molecule has 5 nitrogen and oxygen atoms in total. The molecule has 0 saturated heterocycles. The highest BCUT2D eigenvalue weighted by atomic mass is 35.5. The predicted molar refractivity (Wildman–Crippen MR) is 81.9 cm³/mol. The van der Waals surface area contributed by atoms with Crippen LogP contribution in [0.1, 0.15) is 6.42 Å². The van der Waals surface area contributed by atoms with Crippen molar-refractivity contribution < 1.29 is 13.2 Å². The van der Waals surface area contributed by atoms with Crippen molar-refractivity contribution in [2.45, 2.75) is 16.7 Å². The van der Waals surface area contributed by atoms with Crippen LogP contribution in [0.15, 0.2) is 29.2 Å². The molecule has 0 aromatic heterocycles. The number of hydrogen-bond acceptors (Lipinski definition) is 4. The van der Waals surface area contributed by atoms with Gasteiger partial charge < -0.3 is 10.1 Å². The Labute approximate surface area is 125 Å². The lowest BCUT2D eigenvalue weighted by Crippen LogP contribution is -2.23. The van der Waals surface area contributed by atoms with Crippen molar-refractivity contribution >= 4 is 27.3 Å². The van der Waals surface area contributed by atoms with Crippen molar-refractivity contribution in [1.82, 2.24) is 4.31 Å². The molecule has 0 aliphatic carbocycles. The van der Waals surface area contributed by atoms with E-state index >= 15 is 0 Å². The second kappa shape index (κ2) is 7.83. The maximum absolute atomic E-state index is 12.2. The summed E-state index contributed by atoms with van der Waals surface area (Å²) < 4.78 is 30.5. The number of alkyl halides is 1. The number of anilines is 1. The van der Waals surface area contributed by atoms with Crippen LogP contribution in [0.2, 0.25) is 0 Å². The van der Waals surface area contributed by atoms with Gasteiger partial charge in [0, 0.05) is 27.7 Å². The Morgan fingerprint density at radius 3 is 2.60 bits per heavy atom. The molecule has 1 aromatic carbocycles. The number of rotatable bonds is 8. The van der Waals surface area contributed by atoms with Crippen molar-refractivity contribution in [2.75, 3.05) is 39.7 Å². The second-order valence-corrected chi connectivity index (χ2v) is 7.29. The highest BCUT2D eigenvalue weighted by Gasteiger charge is 2.20. The average Bonchev–Trinajstić information content (AvgIpc) is 2.39. The first-order valence-electron chi connectivity index (χ1n) is 6.28. The van der Waals surface area contributed by atoms with Gasteiger partial charge in [0.25, 0.3) is 0 Å². The molecule has 0 fully saturated rings. The first-order chi connectivity index (χ1) is 9.39. The van der Waals surface area contributed by atoms with Crippen molar-refractivity contribution in [3.8, 4) is 0 Å². The lowest BCUT2D eigenvalue weighted by atomic mass is 10.3. The van der Waals surface area contributed by atoms with Crippen LogP contribution >= 0.6 is 11.6 Å². The topological polar surface area (TPSA) is 58.6 Å². The zero-order chi connectivity index (χ0) is 15.2. The maximum atomic E-state index is 12.2. The minimum atomic E-state index is -3.46. The molecule has 0 radical (unpaired) electrons. The van der Waals surface area contributed by atoms with Gasteiger partial charge in [-0.3, -0.25) is 0 Å². The summed E-state index contributed by atoms with van der Waals surface area (Å²) in [4.78, 5) is 0.267. The molecule has 1 aromatic rings. The lowest BCUT2D eigenvalue weighted by Gasteiger charge is -2.16. The molecule has 0 aliphatic rings. The smallest absolute Gasteiger partial charge is 0.244 e. The summed E-state index contributed by atoms with van der Waals surface area (Å²) in [6, 6.07) is 6.84. The standard InChI is InChI=1S/C13H21ClN2O3S/c1-16(2)20(17,18)13-7-5-4-6-12(13)15-9-8-11(14)10-19-3/h4-7,11,15H,8-10H2,1-3H3. The van der Waals surface area contributed by atoms with Gasteiger partial charge in [-0.05, 0) is 18.6 Å². The Kier molecular flexibility index (Phi) is 6.75. The molecule has 20 heavy (non-hydrogen) atoms. The van der Waals surface area contributed by atoms with Crippen LogP contribution in [0.3, 0.4) is 0 Å². The molecule has 1 N–H and O–H groups in total. The molecule has 0 amide bonds. The third-order valence-electron chi connectivity index (χ3n) is 2.77. The Bertz CT molecular complexity index is 520. The average molecular weight is 321 g/mol. The van der Waals surface area contributed by atoms with Gasteiger partial charge in [0.15, 0.2) is 0 Å². The van der Waals surface area contributed by atoms with Crippen LogP contribution < -0.4 is 5.32 Å². The number of benzene rings is 1. The Morgan fingerprint density at radius 1 is 1.35 bits per heavy atom.